The predicted molar refractivity (Wildman–Crippen MR) is 131 cm³/mol. The normalized spacial score (nSPS) is 15.8. The quantitative estimate of drug-likeness (QED) is 0.201. The summed E-state index contributed by atoms with van der Waals surface area (Å²) in [7, 11) is -1.69. The third kappa shape index (κ3) is 5.36. The average Bonchev–Trinajstić information content (AvgIpc) is 3.12. The number of benzene rings is 2. The van der Waals surface area contributed by atoms with Crippen LogP contribution in [0, 0.1) is 20.2 Å². The first-order chi connectivity index (χ1) is 17.0. The summed E-state index contributed by atoms with van der Waals surface area (Å²) in [4.78, 5) is 34.8. The number of nitro groups is 2. The molecule has 1 aliphatic rings. The molecule has 15 heteroatoms. The van der Waals surface area contributed by atoms with Crippen LogP contribution in [0.25, 0.3) is 6.08 Å². The third-order valence-electron chi connectivity index (χ3n) is 4.76. The van der Waals surface area contributed by atoms with E-state index >= 15 is 0 Å². The summed E-state index contributed by atoms with van der Waals surface area (Å²) in [5, 5.41) is 22.2. The number of carbonyl (C=O) groups excluding carboxylic acids is 1. The molecule has 1 heterocycles. The Balaban J connectivity index is 2.07. The Morgan fingerprint density at radius 2 is 1.69 bits per heavy atom. The van der Waals surface area contributed by atoms with E-state index in [1.165, 1.54) is 32.4 Å². The topological polar surface area (TPSA) is 172 Å². The second-order valence-corrected chi connectivity index (χ2v) is 9.55. The van der Waals surface area contributed by atoms with Crippen LogP contribution in [-0.4, -0.2) is 55.0 Å². The summed E-state index contributed by atoms with van der Waals surface area (Å²) < 4.78 is 39.6. The first kappa shape index (κ1) is 26.4. The van der Waals surface area contributed by atoms with Crippen LogP contribution in [0.2, 0.25) is 0 Å². The molecular weight excluding hydrogens is 516 g/mol. The van der Waals surface area contributed by atoms with Gasteiger partial charge >= 0.3 is 0 Å². The Labute approximate surface area is 209 Å². The molecule has 2 aromatic rings. The highest BCUT2D eigenvalue weighted by atomic mass is 32.2. The molecule has 0 saturated carbocycles. The van der Waals surface area contributed by atoms with Crippen molar-refractivity contribution in [1.29, 1.82) is 0 Å². The smallest absolute Gasteiger partial charge is 0.284 e. The van der Waals surface area contributed by atoms with Crippen molar-refractivity contribution in [3.63, 3.8) is 0 Å². The van der Waals surface area contributed by atoms with Crippen molar-refractivity contribution >= 4 is 50.3 Å². The molecular formula is C21H18N4O9S2. The molecule has 2 aromatic carbocycles. The van der Waals surface area contributed by atoms with Crippen LogP contribution in [0.5, 0.6) is 11.5 Å². The largest absolute Gasteiger partial charge is 0.493 e. The molecule has 36 heavy (non-hydrogen) atoms. The number of methoxy groups -OCH3 is 2. The third-order valence-corrected chi connectivity index (χ3v) is 7.16. The van der Waals surface area contributed by atoms with E-state index in [0.717, 1.165) is 35.2 Å². The molecule has 0 atom stereocenters. The number of hydrogen-bond acceptors (Lipinski definition) is 10. The lowest BCUT2D eigenvalue weighted by Crippen LogP contribution is -2.29. The summed E-state index contributed by atoms with van der Waals surface area (Å²) in [6, 6.07) is 6.55. The summed E-state index contributed by atoms with van der Waals surface area (Å²) in [5.41, 5.74) is -0.652. The Bertz CT molecular complexity index is 1420. The summed E-state index contributed by atoms with van der Waals surface area (Å²) in [6.45, 7) is 3.46. The summed E-state index contributed by atoms with van der Waals surface area (Å²) in [6.07, 6.45) is 2.58. The predicted octanol–water partition coefficient (Wildman–Crippen LogP) is 3.37. The fraction of sp³-hybridized carbons (Fsp3) is 0.143. The summed E-state index contributed by atoms with van der Waals surface area (Å²) in [5.74, 6) is -0.355. The average molecular weight is 535 g/mol. The van der Waals surface area contributed by atoms with Crippen molar-refractivity contribution in [1.82, 2.24) is 4.90 Å². The van der Waals surface area contributed by atoms with Gasteiger partial charge in [-0.3, -0.25) is 29.9 Å². The van der Waals surface area contributed by atoms with E-state index < -0.39 is 25.8 Å². The minimum absolute atomic E-state index is 0.0199. The number of carbonyl (C=O) groups is 1. The molecule has 0 aliphatic carbocycles. The van der Waals surface area contributed by atoms with E-state index in [4.69, 9.17) is 9.47 Å². The molecule has 0 unspecified atom stereocenters. The minimum atomic E-state index is -4.35. The van der Waals surface area contributed by atoms with Gasteiger partial charge in [-0.05, 0) is 36.0 Å². The van der Waals surface area contributed by atoms with E-state index in [1.54, 1.807) is 0 Å². The number of nitrogens with zero attached hydrogens (tertiary/aromatic N) is 4. The SMILES string of the molecule is C=CCN1C(=O)C(=Cc2cc(OC)c(OC)cc2[N+](=O)[O-])SC1=NS(=O)(=O)c1ccc([N+](=O)[O-])cc1. The zero-order valence-electron chi connectivity index (χ0n) is 18.8. The number of thioether (sulfide) groups is 1. The minimum Gasteiger partial charge on any atom is -0.493 e. The monoisotopic (exact) mass is 534 g/mol. The molecule has 3 rings (SSSR count). The Hall–Kier alpha value is -4.24. The lowest BCUT2D eigenvalue weighted by atomic mass is 10.1. The van der Waals surface area contributed by atoms with Gasteiger partial charge in [0, 0.05) is 18.7 Å². The molecule has 0 spiro atoms. The van der Waals surface area contributed by atoms with Crippen LogP contribution in [0.3, 0.4) is 0 Å². The fourth-order valence-corrected chi connectivity index (χ4v) is 5.24. The maximum Gasteiger partial charge on any atom is 0.284 e. The van der Waals surface area contributed by atoms with Crippen molar-refractivity contribution in [2.45, 2.75) is 4.90 Å². The van der Waals surface area contributed by atoms with Gasteiger partial charge in [0.2, 0.25) is 0 Å². The molecule has 0 bridgehead atoms. The molecule has 1 saturated heterocycles. The maximum atomic E-state index is 13.0. The van der Waals surface area contributed by atoms with E-state index in [9.17, 15) is 33.4 Å². The van der Waals surface area contributed by atoms with Crippen molar-refractivity contribution in [2.24, 2.45) is 4.40 Å². The highest BCUT2D eigenvalue weighted by molar-refractivity contribution is 8.19. The molecule has 13 nitrogen and oxygen atoms in total. The number of amidine groups is 1. The number of sulfonamides is 1. The van der Waals surface area contributed by atoms with Crippen LogP contribution < -0.4 is 9.47 Å². The number of amides is 1. The fourth-order valence-electron chi connectivity index (χ4n) is 3.06. The summed E-state index contributed by atoms with van der Waals surface area (Å²) >= 11 is 0.693. The van der Waals surface area contributed by atoms with Gasteiger partial charge < -0.3 is 9.47 Å². The number of rotatable bonds is 9. The highest BCUT2D eigenvalue weighted by Gasteiger charge is 2.35. The second kappa shape index (κ2) is 10.6. The number of hydrogen-bond donors (Lipinski definition) is 0. The lowest BCUT2D eigenvalue weighted by molar-refractivity contribution is -0.385. The highest BCUT2D eigenvalue weighted by Crippen LogP contribution is 2.39. The maximum absolute atomic E-state index is 13.0. The Morgan fingerprint density at radius 1 is 1.08 bits per heavy atom. The Morgan fingerprint density at radius 3 is 2.22 bits per heavy atom. The zero-order chi connectivity index (χ0) is 26.6. The molecule has 0 aromatic heterocycles. The number of non-ortho nitro benzene ring substituents is 1. The van der Waals surface area contributed by atoms with Crippen LogP contribution in [-0.2, 0) is 14.8 Å². The van der Waals surface area contributed by atoms with E-state index in [-0.39, 0.29) is 50.0 Å². The van der Waals surface area contributed by atoms with Gasteiger partial charge in [-0.25, -0.2) is 0 Å². The molecule has 0 radical (unpaired) electrons. The van der Waals surface area contributed by atoms with Crippen molar-refractivity contribution in [3.8, 4) is 11.5 Å². The van der Waals surface area contributed by atoms with Gasteiger partial charge in [-0.15, -0.1) is 11.0 Å². The molecule has 188 valence electrons. The standard InChI is InChI=1S/C21H18N4O9S2/c1-4-9-23-20(26)19(11-13-10-17(33-2)18(34-3)12-16(13)25(29)30)35-21(23)22-36(31,32)15-7-5-14(6-8-15)24(27)28/h4-8,10-12H,1,9H2,2-3H3. The first-order valence-electron chi connectivity index (χ1n) is 9.84. The van der Waals surface area contributed by atoms with Gasteiger partial charge in [0.05, 0.1) is 45.5 Å². The van der Waals surface area contributed by atoms with E-state index in [2.05, 4.69) is 11.0 Å². The molecule has 1 aliphatic heterocycles. The van der Waals surface area contributed by atoms with Crippen LogP contribution in [0.4, 0.5) is 11.4 Å². The molecule has 0 N–H and O–H groups in total. The van der Waals surface area contributed by atoms with E-state index in [1.807, 2.05) is 0 Å². The van der Waals surface area contributed by atoms with Gasteiger partial charge in [0.1, 0.15) is 0 Å². The van der Waals surface area contributed by atoms with E-state index in [0.29, 0.717) is 11.8 Å². The van der Waals surface area contributed by atoms with Crippen molar-refractivity contribution in [2.75, 3.05) is 20.8 Å². The molecule has 1 fully saturated rings. The van der Waals surface area contributed by atoms with Crippen molar-refractivity contribution in [3.05, 3.63) is 79.8 Å². The van der Waals surface area contributed by atoms with Gasteiger partial charge in [-0.1, -0.05) is 6.08 Å². The van der Waals surface area contributed by atoms with Gasteiger partial charge in [0.15, 0.2) is 16.7 Å². The zero-order valence-corrected chi connectivity index (χ0v) is 20.4. The van der Waals surface area contributed by atoms with Crippen LogP contribution >= 0.6 is 11.8 Å². The van der Waals surface area contributed by atoms with Crippen LogP contribution in [0.15, 0.2) is 63.3 Å². The van der Waals surface area contributed by atoms with Crippen LogP contribution in [0.1, 0.15) is 5.56 Å². The molecule has 1 amide bonds. The van der Waals surface area contributed by atoms with Gasteiger partial charge in [-0.2, -0.15) is 8.42 Å². The Kier molecular flexibility index (Phi) is 7.74. The first-order valence-corrected chi connectivity index (χ1v) is 12.1. The lowest BCUT2D eigenvalue weighted by Gasteiger charge is -2.12. The second-order valence-electron chi connectivity index (χ2n) is 6.94. The van der Waals surface area contributed by atoms with Gasteiger partial charge in [0.25, 0.3) is 27.3 Å². The number of ether oxygens (including phenoxy) is 2. The van der Waals surface area contributed by atoms with Crippen molar-refractivity contribution < 1.29 is 32.5 Å². The number of nitro benzene ring substituents is 2.